The molecule has 14 nitrogen and oxygen atoms in total. The summed E-state index contributed by atoms with van der Waals surface area (Å²) in [5.74, 6) is -3.29. The van der Waals surface area contributed by atoms with Crippen molar-refractivity contribution < 1.29 is 37.6 Å². The van der Waals surface area contributed by atoms with Crippen molar-refractivity contribution in [2.75, 3.05) is 35.2 Å². The lowest BCUT2D eigenvalue weighted by atomic mass is 10.2. The molecule has 2 aliphatic heterocycles. The maximum absolute atomic E-state index is 13.4. The number of carbonyl (C=O) groups excluding carboxylic acids is 1. The second kappa shape index (κ2) is 13.7. The molecule has 0 unspecified atom stereocenters. The minimum absolute atomic E-state index is 0.00916. The Morgan fingerprint density at radius 2 is 1.73 bits per heavy atom. The van der Waals surface area contributed by atoms with Crippen molar-refractivity contribution in [2.45, 2.75) is 26.3 Å². The molecule has 1 amide bonds. The molecule has 1 fully saturated rings. The summed E-state index contributed by atoms with van der Waals surface area (Å²) in [5, 5.41) is 18.9. The standard InChI is InChI=1S/C26H24ClN5O9S4/c1-3-29-16-10-14(27)15(28-2)11-17(16)30(8-4-5-9-45(39,40)41)19(29)7-6-18-23(37)31(12-20(33)34)25(43-18)22-24(38)32(13-21(35)36)26(42)44-22/h6-7,10-11H,3-5,8-9,12-13H2,1H3,(H,33,34)(H,35,36)(H,39,40,41)/b18-6?,19-7?,25-22+. The van der Waals surface area contributed by atoms with Gasteiger partial charge in [0.05, 0.1) is 28.2 Å². The maximum atomic E-state index is 13.4. The number of thiocarbonyl (C=S) groups is 1. The zero-order chi connectivity index (χ0) is 33.2. The highest BCUT2D eigenvalue weighted by Gasteiger charge is 2.36. The molecule has 2 aliphatic rings. The number of thiazole rings is 1. The number of hydrogen-bond acceptors (Lipinski definition) is 11. The van der Waals surface area contributed by atoms with E-state index in [2.05, 4.69) is 4.85 Å². The molecule has 0 radical (unpaired) electrons. The van der Waals surface area contributed by atoms with Gasteiger partial charge in [0.1, 0.15) is 32.8 Å². The quantitative estimate of drug-likeness (QED) is 0.133. The zero-order valence-electron chi connectivity index (χ0n) is 23.3. The molecule has 1 saturated heterocycles. The monoisotopic (exact) mass is 713 g/mol. The van der Waals surface area contributed by atoms with Crippen LogP contribution in [-0.4, -0.2) is 80.2 Å². The summed E-state index contributed by atoms with van der Waals surface area (Å²) < 4.78 is 32.6. The van der Waals surface area contributed by atoms with Gasteiger partial charge in [-0.15, -0.1) is 11.3 Å². The summed E-state index contributed by atoms with van der Waals surface area (Å²) in [6.45, 7) is 8.59. The van der Waals surface area contributed by atoms with E-state index in [0.717, 1.165) is 32.6 Å². The van der Waals surface area contributed by atoms with Crippen LogP contribution < -0.4 is 24.6 Å². The molecular weight excluding hydrogens is 690 g/mol. The Morgan fingerprint density at radius 1 is 1.07 bits per heavy atom. The van der Waals surface area contributed by atoms with Crippen molar-refractivity contribution in [3.05, 3.63) is 60.0 Å². The van der Waals surface area contributed by atoms with Crippen molar-refractivity contribution in [3.8, 4) is 0 Å². The number of unbranched alkanes of at least 4 members (excludes halogenated alkanes) is 1. The lowest BCUT2D eigenvalue weighted by molar-refractivity contribution is -0.140. The molecule has 0 saturated carbocycles. The van der Waals surface area contributed by atoms with Gasteiger partial charge in [-0.05, 0) is 44.1 Å². The van der Waals surface area contributed by atoms with Gasteiger partial charge in [0.25, 0.3) is 21.6 Å². The van der Waals surface area contributed by atoms with Crippen LogP contribution in [0.2, 0.25) is 5.02 Å². The number of halogens is 1. The Morgan fingerprint density at radius 3 is 2.33 bits per heavy atom. The molecule has 0 aliphatic carbocycles. The van der Waals surface area contributed by atoms with Crippen LogP contribution in [0.25, 0.3) is 15.8 Å². The smallest absolute Gasteiger partial charge is 0.323 e. The number of aliphatic carboxylic acids is 2. The molecule has 0 bridgehead atoms. The molecule has 3 N–H and O–H groups in total. The second-order valence-corrected chi connectivity index (χ2v) is 14.2. The SMILES string of the molecule is [C-]#[N+]c1cc2c(cc1Cl)N(CC)C(=CC=c1s/c(=C3/SC(=S)N(CC(=O)O)C3=O)n(CC(=O)O)c1=O)N2CCCCS(=O)(=O)O. The molecule has 19 heteroatoms. The summed E-state index contributed by atoms with van der Waals surface area (Å²) in [6, 6.07) is 3.24. The van der Waals surface area contributed by atoms with Crippen LogP contribution in [0.15, 0.2) is 28.8 Å². The first-order valence-corrected chi connectivity index (χ1v) is 17.0. The highest BCUT2D eigenvalue weighted by molar-refractivity contribution is 8.30. The fourth-order valence-corrected chi connectivity index (χ4v) is 7.91. The number of amides is 1. The fraction of sp³-hybridized carbons (Fsp3) is 0.308. The third kappa shape index (κ3) is 7.40. The first kappa shape index (κ1) is 34.1. The van der Waals surface area contributed by atoms with Gasteiger partial charge in [0, 0.05) is 18.1 Å². The van der Waals surface area contributed by atoms with Crippen LogP contribution in [0, 0.1) is 6.57 Å². The highest BCUT2D eigenvalue weighted by atomic mass is 35.5. The predicted octanol–water partition coefficient (Wildman–Crippen LogP) is 1.89. The van der Waals surface area contributed by atoms with Crippen molar-refractivity contribution in [2.24, 2.45) is 0 Å². The summed E-state index contributed by atoms with van der Waals surface area (Å²) in [7, 11) is -4.16. The normalized spacial score (nSPS) is 17.4. The first-order valence-electron chi connectivity index (χ1n) is 13.0. The second-order valence-electron chi connectivity index (χ2n) is 9.52. The molecule has 1 aromatic heterocycles. The molecule has 2 aromatic rings. The molecule has 0 atom stereocenters. The largest absolute Gasteiger partial charge is 0.480 e. The number of aromatic nitrogens is 1. The molecule has 0 spiro atoms. The van der Waals surface area contributed by atoms with Crippen LogP contribution >= 0.6 is 46.9 Å². The van der Waals surface area contributed by atoms with E-state index in [-0.39, 0.29) is 42.1 Å². The van der Waals surface area contributed by atoms with Gasteiger partial charge < -0.3 is 20.0 Å². The molecule has 238 valence electrons. The van der Waals surface area contributed by atoms with E-state index < -0.39 is 52.4 Å². The number of anilines is 2. The summed E-state index contributed by atoms with van der Waals surface area (Å²) >= 11 is 13.1. The van der Waals surface area contributed by atoms with Gasteiger partial charge >= 0.3 is 11.9 Å². The minimum Gasteiger partial charge on any atom is -0.480 e. The number of hydrogen-bond donors (Lipinski definition) is 3. The number of rotatable bonds is 11. The summed E-state index contributed by atoms with van der Waals surface area (Å²) in [5.41, 5.74) is 0.776. The van der Waals surface area contributed by atoms with Gasteiger partial charge in [-0.3, -0.25) is 33.2 Å². The topological polar surface area (TPSA) is 182 Å². The number of fused-ring (bicyclic) bond motifs is 1. The highest BCUT2D eigenvalue weighted by Crippen LogP contribution is 2.46. The lowest BCUT2D eigenvalue weighted by Crippen LogP contribution is -2.36. The number of thioether (sulfide) groups is 1. The van der Waals surface area contributed by atoms with Crippen molar-refractivity contribution in [3.63, 3.8) is 0 Å². The number of allylic oxidation sites excluding steroid dienone is 1. The van der Waals surface area contributed by atoms with Crippen molar-refractivity contribution >= 4 is 107 Å². The van der Waals surface area contributed by atoms with Gasteiger partial charge in [-0.25, -0.2) is 4.85 Å². The van der Waals surface area contributed by atoms with Gasteiger partial charge in [0.15, 0.2) is 0 Å². The Bertz CT molecular complexity index is 1980. The van der Waals surface area contributed by atoms with Gasteiger partial charge in [-0.1, -0.05) is 35.6 Å². The first-order chi connectivity index (χ1) is 21.2. The van der Waals surface area contributed by atoms with E-state index in [0.29, 0.717) is 30.2 Å². The van der Waals surface area contributed by atoms with Crippen LogP contribution in [0.5, 0.6) is 0 Å². The van der Waals surface area contributed by atoms with Crippen molar-refractivity contribution in [1.82, 2.24) is 9.47 Å². The van der Waals surface area contributed by atoms with E-state index >= 15 is 0 Å². The molecular formula is C26H24ClN5O9S4. The number of carboxylic acids is 2. The minimum atomic E-state index is -4.16. The Hall–Kier alpha value is -3.73. The van der Waals surface area contributed by atoms with Gasteiger partial charge in [0.2, 0.25) is 5.69 Å². The fourth-order valence-electron chi connectivity index (χ4n) is 4.68. The van der Waals surface area contributed by atoms with E-state index in [1.807, 2.05) is 16.7 Å². The van der Waals surface area contributed by atoms with Crippen LogP contribution in [0.4, 0.5) is 17.1 Å². The third-order valence-electron chi connectivity index (χ3n) is 6.57. The Labute approximate surface area is 274 Å². The molecule has 4 rings (SSSR count). The average molecular weight is 714 g/mol. The number of carbonyl (C=O) groups is 3. The number of nitrogens with zero attached hydrogens (tertiary/aromatic N) is 5. The van der Waals surface area contributed by atoms with E-state index in [1.54, 1.807) is 18.2 Å². The maximum Gasteiger partial charge on any atom is 0.323 e. The van der Waals surface area contributed by atoms with Crippen LogP contribution in [0.3, 0.4) is 0 Å². The number of benzene rings is 1. The van der Waals surface area contributed by atoms with Crippen molar-refractivity contribution in [1.29, 1.82) is 0 Å². The lowest BCUT2D eigenvalue weighted by Gasteiger charge is -2.24. The van der Waals surface area contributed by atoms with E-state index in [9.17, 15) is 32.7 Å². The van der Waals surface area contributed by atoms with Crippen LogP contribution in [-0.2, 0) is 31.0 Å². The third-order valence-corrected chi connectivity index (χ3v) is 10.4. The molecule has 1 aromatic carbocycles. The van der Waals surface area contributed by atoms with E-state index in [4.69, 9.17) is 40.1 Å². The average Bonchev–Trinajstić information content (AvgIpc) is 3.52. The molecule has 45 heavy (non-hydrogen) atoms. The van der Waals surface area contributed by atoms with Crippen LogP contribution in [0.1, 0.15) is 19.8 Å². The Balaban J connectivity index is 1.86. The zero-order valence-corrected chi connectivity index (χ0v) is 27.3. The van der Waals surface area contributed by atoms with E-state index in [1.165, 1.54) is 6.08 Å². The summed E-state index contributed by atoms with van der Waals surface area (Å²) in [6.07, 6.45) is 3.55. The van der Waals surface area contributed by atoms with Gasteiger partial charge in [-0.2, -0.15) is 8.42 Å². The predicted molar refractivity (Wildman–Crippen MR) is 175 cm³/mol. The number of carboxylic acid groups (broad SMARTS) is 2. The summed E-state index contributed by atoms with van der Waals surface area (Å²) in [4.78, 5) is 57.3. The molecule has 3 heterocycles. The Kier molecular flexibility index (Phi) is 10.4.